The standard InChI is InChI=1S/C31H42N2O5/c1-19(29(35)32-18-22-8-6-7-9-26(22)38-5)24-14-16-31(3)17-15-25(20(2)27(31)28(24)34)33-30(36)21-10-12-23(37-4)13-11-21/h6-13,19-20,24-25,27-28,34H,14-18H2,1-5H3,(H,32,35)(H,33,36)/t19-,20+,24+,25-,27+,28-,31-/m0/s1. The summed E-state index contributed by atoms with van der Waals surface area (Å²) in [5.74, 6) is 0.900. The SMILES string of the molecule is COc1ccc(C(=O)N[C@H]2CC[C@]3(C)CC[C@H]([C@H](C)C(=O)NCc4ccccc4OC)[C@H](O)[C@H]3[C@@H]2C)cc1. The summed E-state index contributed by atoms with van der Waals surface area (Å²) in [6, 6.07) is 14.7. The van der Waals surface area contributed by atoms with Gasteiger partial charge < -0.3 is 25.2 Å². The molecule has 0 aromatic heterocycles. The number of fused-ring (bicyclic) bond motifs is 1. The maximum atomic E-state index is 13.2. The zero-order chi connectivity index (χ0) is 27.4. The predicted octanol–water partition coefficient (Wildman–Crippen LogP) is 4.58. The maximum Gasteiger partial charge on any atom is 0.251 e. The van der Waals surface area contributed by atoms with Crippen LogP contribution in [0.2, 0.25) is 0 Å². The van der Waals surface area contributed by atoms with E-state index >= 15 is 0 Å². The number of aliphatic hydroxyl groups excluding tert-OH is 1. The number of hydrogen-bond donors (Lipinski definition) is 3. The number of nitrogens with one attached hydrogen (secondary N) is 2. The van der Waals surface area contributed by atoms with Crippen LogP contribution in [0.1, 0.15) is 62.4 Å². The number of ether oxygens (including phenoxy) is 2. The largest absolute Gasteiger partial charge is 0.497 e. The molecule has 0 heterocycles. The second kappa shape index (κ2) is 11.8. The van der Waals surface area contributed by atoms with Gasteiger partial charge in [-0.2, -0.15) is 0 Å². The van der Waals surface area contributed by atoms with E-state index in [4.69, 9.17) is 9.47 Å². The molecule has 7 atom stereocenters. The normalized spacial score (nSPS) is 29.5. The van der Waals surface area contributed by atoms with Crippen LogP contribution < -0.4 is 20.1 Å². The molecule has 2 aromatic carbocycles. The first-order valence-electron chi connectivity index (χ1n) is 13.7. The van der Waals surface area contributed by atoms with Crippen LogP contribution in [0.15, 0.2) is 48.5 Å². The van der Waals surface area contributed by atoms with Gasteiger partial charge in [0, 0.05) is 29.6 Å². The number of carbonyl (C=O) groups excluding carboxylic acids is 2. The third-order valence-electron chi connectivity index (χ3n) is 9.26. The number of benzene rings is 2. The van der Waals surface area contributed by atoms with E-state index in [1.54, 1.807) is 38.5 Å². The van der Waals surface area contributed by atoms with Gasteiger partial charge in [0.2, 0.25) is 5.91 Å². The zero-order valence-corrected chi connectivity index (χ0v) is 23.2. The van der Waals surface area contributed by atoms with Crippen molar-refractivity contribution in [3.05, 3.63) is 59.7 Å². The highest BCUT2D eigenvalue weighted by molar-refractivity contribution is 5.94. The fourth-order valence-corrected chi connectivity index (χ4v) is 6.88. The smallest absolute Gasteiger partial charge is 0.251 e. The fourth-order valence-electron chi connectivity index (χ4n) is 6.88. The minimum atomic E-state index is -0.614. The quantitative estimate of drug-likeness (QED) is 0.472. The highest BCUT2D eigenvalue weighted by Crippen LogP contribution is 2.55. The summed E-state index contributed by atoms with van der Waals surface area (Å²) in [6.07, 6.45) is 2.98. The van der Waals surface area contributed by atoms with Crippen LogP contribution in [0.4, 0.5) is 0 Å². The van der Waals surface area contributed by atoms with Crippen molar-refractivity contribution < 1.29 is 24.2 Å². The second-order valence-electron chi connectivity index (χ2n) is 11.4. The van der Waals surface area contributed by atoms with Crippen molar-refractivity contribution >= 4 is 11.8 Å². The number of rotatable bonds is 8. The van der Waals surface area contributed by atoms with E-state index in [9.17, 15) is 14.7 Å². The number of carbonyl (C=O) groups is 2. The van der Waals surface area contributed by atoms with Gasteiger partial charge in [0.1, 0.15) is 11.5 Å². The van der Waals surface area contributed by atoms with E-state index in [0.29, 0.717) is 17.9 Å². The van der Waals surface area contributed by atoms with Crippen LogP contribution in [0.3, 0.4) is 0 Å². The summed E-state index contributed by atoms with van der Waals surface area (Å²) < 4.78 is 10.6. The predicted molar refractivity (Wildman–Crippen MR) is 147 cm³/mol. The maximum absolute atomic E-state index is 13.2. The molecule has 0 spiro atoms. The highest BCUT2D eigenvalue weighted by Gasteiger charge is 2.53. The molecule has 2 aliphatic rings. The molecule has 0 radical (unpaired) electrons. The average molecular weight is 523 g/mol. The number of aliphatic hydroxyl groups is 1. The molecule has 4 rings (SSSR count). The molecule has 0 saturated heterocycles. The van der Waals surface area contributed by atoms with Crippen molar-refractivity contribution in [3.63, 3.8) is 0 Å². The van der Waals surface area contributed by atoms with E-state index in [0.717, 1.165) is 37.0 Å². The van der Waals surface area contributed by atoms with Crippen molar-refractivity contribution in [2.75, 3.05) is 14.2 Å². The Balaban J connectivity index is 1.42. The minimum Gasteiger partial charge on any atom is -0.497 e. The molecule has 7 nitrogen and oxygen atoms in total. The van der Waals surface area contributed by atoms with Crippen LogP contribution in [-0.4, -0.2) is 43.3 Å². The molecule has 7 heteroatoms. The van der Waals surface area contributed by atoms with Crippen molar-refractivity contribution in [3.8, 4) is 11.5 Å². The monoisotopic (exact) mass is 522 g/mol. The summed E-state index contributed by atoms with van der Waals surface area (Å²) in [5, 5.41) is 18.0. The Kier molecular flexibility index (Phi) is 8.66. The van der Waals surface area contributed by atoms with Gasteiger partial charge in [-0.1, -0.05) is 39.0 Å². The van der Waals surface area contributed by atoms with E-state index < -0.39 is 6.10 Å². The lowest BCUT2D eigenvalue weighted by atomic mass is 9.51. The van der Waals surface area contributed by atoms with Gasteiger partial charge in [-0.15, -0.1) is 0 Å². The molecule has 206 valence electrons. The van der Waals surface area contributed by atoms with Gasteiger partial charge in [0.05, 0.1) is 20.3 Å². The van der Waals surface area contributed by atoms with Crippen LogP contribution in [0.25, 0.3) is 0 Å². The Labute approximate surface area is 226 Å². The number of para-hydroxylation sites is 1. The summed E-state index contributed by atoms with van der Waals surface area (Å²) >= 11 is 0. The number of amides is 2. The molecule has 0 unspecified atom stereocenters. The summed E-state index contributed by atoms with van der Waals surface area (Å²) in [5.41, 5.74) is 1.50. The summed E-state index contributed by atoms with van der Waals surface area (Å²) in [4.78, 5) is 26.2. The van der Waals surface area contributed by atoms with E-state index in [-0.39, 0.29) is 46.9 Å². The first-order chi connectivity index (χ1) is 18.2. The Morgan fingerprint density at radius 3 is 2.42 bits per heavy atom. The Morgan fingerprint density at radius 2 is 1.74 bits per heavy atom. The van der Waals surface area contributed by atoms with Gasteiger partial charge in [0.25, 0.3) is 5.91 Å². The Hall–Kier alpha value is -3.06. The molecular weight excluding hydrogens is 480 g/mol. The molecule has 3 N–H and O–H groups in total. The number of hydrogen-bond acceptors (Lipinski definition) is 5. The lowest BCUT2D eigenvalue weighted by molar-refractivity contribution is -0.142. The van der Waals surface area contributed by atoms with Gasteiger partial charge in [-0.25, -0.2) is 0 Å². The Morgan fingerprint density at radius 1 is 1.05 bits per heavy atom. The van der Waals surface area contributed by atoms with E-state index in [1.807, 2.05) is 31.2 Å². The first kappa shape index (κ1) is 28.0. The molecular formula is C31H42N2O5. The van der Waals surface area contributed by atoms with Gasteiger partial charge in [0.15, 0.2) is 0 Å². The average Bonchev–Trinajstić information content (AvgIpc) is 2.93. The zero-order valence-electron chi connectivity index (χ0n) is 23.2. The highest BCUT2D eigenvalue weighted by atomic mass is 16.5. The molecule has 2 saturated carbocycles. The third-order valence-corrected chi connectivity index (χ3v) is 9.26. The van der Waals surface area contributed by atoms with Crippen LogP contribution in [0, 0.1) is 29.1 Å². The van der Waals surface area contributed by atoms with E-state index in [1.165, 1.54) is 0 Å². The summed E-state index contributed by atoms with van der Waals surface area (Å²) in [7, 11) is 3.22. The van der Waals surface area contributed by atoms with Crippen molar-refractivity contribution in [2.45, 2.75) is 65.1 Å². The lowest BCUT2D eigenvalue weighted by Crippen LogP contribution is -2.58. The first-order valence-corrected chi connectivity index (χ1v) is 13.7. The molecule has 0 bridgehead atoms. The van der Waals surface area contributed by atoms with Crippen LogP contribution in [-0.2, 0) is 11.3 Å². The molecule has 0 aliphatic heterocycles. The van der Waals surface area contributed by atoms with Crippen molar-refractivity contribution in [2.24, 2.45) is 29.1 Å². The molecule has 2 aliphatic carbocycles. The van der Waals surface area contributed by atoms with Crippen molar-refractivity contribution in [1.29, 1.82) is 0 Å². The van der Waals surface area contributed by atoms with Crippen LogP contribution in [0.5, 0.6) is 11.5 Å². The van der Waals surface area contributed by atoms with Gasteiger partial charge >= 0.3 is 0 Å². The lowest BCUT2D eigenvalue weighted by Gasteiger charge is -2.56. The fraction of sp³-hybridized carbons (Fsp3) is 0.548. The third kappa shape index (κ3) is 5.68. The Bertz CT molecular complexity index is 1120. The van der Waals surface area contributed by atoms with E-state index in [2.05, 4.69) is 24.5 Å². The molecule has 2 fully saturated rings. The molecule has 38 heavy (non-hydrogen) atoms. The number of methoxy groups -OCH3 is 2. The summed E-state index contributed by atoms with van der Waals surface area (Å²) in [6.45, 7) is 6.71. The van der Waals surface area contributed by atoms with Crippen molar-refractivity contribution in [1.82, 2.24) is 10.6 Å². The molecule has 2 amide bonds. The van der Waals surface area contributed by atoms with Gasteiger partial charge in [-0.3, -0.25) is 9.59 Å². The van der Waals surface area contributed by atoms with Crippen LogP contribution >= 0.6 is 0 Å². The topological polar surface area (TPSA) is 96.9 Å². The minimum absolute atomic E-state index is 0.000588. The van der Waals surface area contributed by atoms with Gasteiger partial charge in [-0.05, 0) is 79.2 Å². The molecule has 2 aromatic rings. The second-order valence-corrected chi connectivity index (χ2v) is 11.4.